The summed E-state index contributed by atoms with van der Waals surface area (Å²) in [6.07, 6.45) is 17.6. The SMILES string of the molecule is c1nc(N2CCn3c4c(c5cc(C6CCCCC6)ccc53)CCC[C@@H]42)c2c3c(sc2n1)CCCC3. The first-order chi connectivity index (χ1) is 17.4. The zero-order valence-electron chi connectivity index (χ0n) is 20.6. The van der Waals surface area contributed by atoms with Gasteiger partial charge in [-0.1, -0.05) is 25.3 Å². The van der Waals surface area contributed by atoms with E-state index in [1.807, 2.05) is 17.7 Å². The molecule has 1 fully saturated rings. The van der Waals surface area contributed by atoms with Gasteiger partial charge in [0, 0.05) is 34.6 Å². The van der Waals surface area contributed by atoms with Crippen LogP contribution in [0.3, 0.4) is 0 Å². The van der Waals surface area contributed by atoms with Gasteiger partial charge in [0.2, 0.25) is 0 Å². The van der Waals surface area contributed by atoms with Crippen molar-refractivity contribution in [3.05, 3.63) is 51.8 Å². The Hall–Kier alpha value is -2.40. The highest BCUT2D eigenvalue weighted by Gasteiger charge is 2.37. The Morgan fingerprint density at radius 2 is 1.71 bits per heavy atom. The van der Waals surface area contributed by atoms with Gasteiger partial charge in [0.15, 0.2) is 0 Å². The summed E-state index contributed by atoms with van der Waals surface area (Å²) in [4.78, 5) is 15.2. The highest BCUT2D eigenvalue weighted by Crippen LogP contribution is 2.47. The smallest absolute Gasteiger partial charge is 0.141 e. The van der Waals surface area contributed by atoms with E-state index in [0.29, 0.717) is 6.04 Å². The van der Waals surface area contributed by atoms with Crippen molar-refractivity contribution in [2.45, 2.75) is 95.6 Å². The van der Waals surface area contributed by atoms with E-state index >= 15 is 0 Å². The minimum atomic E-state index is 0.440. The predicted molar refractivity (Wildman–Crippen MR) is 145 cm³/mol. The van der Waals surface area contributed by atoms with Crippen LogP contribution in [0, 0.1) is 0 Å². The maximum atomic E-state index is 4.98. The zero-order chi connectivity index (χ0) is 22.9. The lowest BCUT2D eigenvalue weighted by atomic mass is 9.83. The molecule has 35 heavy (non-hydrogen) atoms. The molecule has 0 saturated heterocycles. The van der Waals surface area contributed by atoms with Crippen LogP contribution in [-0.4, -0.2) is 21.1 Å². The van der Waals surface area contributed by atoms with Crippen molar-refractivity contribution in [1.29, 1.82) is 0 Å². The van der Waals surface area contributed by atoms with Gasteiger partial charge in [-0.3, -0.25) is 0 Å². The number of hydrogen-bond acceptors (Lipinski definition) is 4. The van der Waals surface area contributed by atoms with Crippen LogP contribution in [0.2, 0.25) is 0 Å². The molecule has 1 atom stereocenters. The molecule has 3 aliphatic carbocycles. The molecule has 0 amide bonds. The number of fused-ring (bicyclic) bond motifs is 6. The van der Waals surface area contributed by atoms with Crippen LogP contribution in [0.5, 0.6) is 0 Å². The quantitative estimate of drug-likeness (QED) is 0.297. The van der Waals surface area contributed by atoms with E-state index in [4.69, 9.17) is 9.97 Å². The second-order valence-corrected chi connectivity index (χ2v) is 12.4. The van der Waals surface area contributed by atoms with Crippen LogP contribution in [0.25, 0.3) is 21.1 Å². The number of aromatic nitrogens is 3. The van der Waals surface area contributed by atoms with E-state index in [1.165, 1.54) is 98.6 Å². The van der Waals surface area contributed by atoms with Crippen molar-refractivity contribution >= 4 is 38.3 Å². The summed E-state index contributed by atoms with van der Waals surface area (Å²) < 4.78 is 2.68. The van der Waals surface area contributed by atoms with Crippen LogP contribution in [0.15, 0.2) is 24.5 Å². The number of rotatable bonds is 2. The summed E-state index contributed by atoms with van der Waals surface area (Å²) in [5.41, 5.74) is 7.86. The summed E-state index contributed by atoms with van der Waals surface area (Å²) >= 11 is 1.93. The Morgan fingerprint density at radius 3 is 2.66 bits per heavy atom. The van der Waals surface area contributed by atoms with Crippen LogP contribution in [0.1, 0.15) is 97.0 Å². The molecule has 1 saturated carbocycles. The molecular formula is C30H34N4S. The van der Waals surface area contributed by atoms with E-state index in [1.54, 1.807) is 32.6 Å². The number of thiophene rings is 1. The van der Waals surface area contributed by atoms with Gasteiger partial charge >= 0.3 is 0 Å². The number of nitrogens with zero attached hydrogens (tertiary/aromatic N) is 4. The van der Waals surface area contributed by atoms with Crippen molar-refractivity contribution in [1.82, 2.24) is 14.5 Å². The highest BCUT2D eigenvalue weighted by atomic mass is 32.1. The average Bonchev–Trinajstić information content (AvgIpc) is 3.46. The molecule has 0 bridgehead atoms. The third kappa shape index (κ3) is 3.09. The summed E-state index contributed by atoms with van der Waals surface area (Å²) in [6.45, 7) is 2.10. The van der Waals surface area contributed by atoms with Gasteiger partial charge in [0.25, 0.3) is 0 Å². The van der Waals surface area contributed by atoms with E-state index in [9.17, 15) is 0 Å². The normalized spacial score (nSPS) is 22.5. The zero-order valence-corrected chi connectivity index (χ0v) is 21.4. The van der Waals surface area contributed by atoms with Crippen molar-refractivity contribution in [2.24, 2.45) is 0 Å². The number of aryl methyl sites for hydroxylation is 3. The number of benzene rings is 1. The predicted octanol–water partition coefficient (Wildman–Crippen LogP) is 7.47. The number of hydrogen-bond donors (Lipinski definition) is 0. The fraction of sp³-hybridized carbons (Fsp3) is 0.533. The molecule has 4 heterocycles. The average molecular weight is 483 g/mol. The van der Waals surface area contributed by atoms with E-state index in [2.05, 4.69) is 27.7 Å². The lowest BCUT2D eigenvalue weighted by molar-refractivity contribution is 0.435. The molecule has 1 aliphatic heterocycles. The Bertz CT molecular complexity index is 1440. The van der Waals surface area contributed by atoms with Gasteiger partial charge in [-0.15, -0.1) is 11.3 Å². The van der Waals surface area contributed by atoms with Gasteiger partial charge in [-0.05, 0) is 92.5 Å². The van der Waals surface area contributed by atoms with Gasteiger partial charge in [0.1, 0.15) is 17.0 Å². The topological polar surface area (TPSA) is 34.0 Å². The maximum absolute atomic E-state index is 4.98. The second kappa shape index (κ2) is 8.06. The Kier molecular flexibility index (Phi) is 4.78. The molecule has 4 aromatic rings. The molecular weight excluding hydrogens is 448 g/mol. The Morgan fingerprint density at radius 1 is 0.829 bits per heavy atom. The minimum absolute atomic E-state index is 0.440. The largest absolute Gasteiger partial charge is 0.346 e. The Labute approximate surface area is 211 Å². The van der Waals surface area contributed by atoms with Gasteiger partial charge < -0.3 is 9.47 Å². The highest BCUT2D eigenvalue weighted by molar-refractivity contribution is 7.19. The molecule has 0 radical (unpaired) electrons. The third-order valence-corrected chi connectivity index (χ3v) is 10.7. The molecule has 0 N–H and O–H groups in total. The lowest BCUT2D eigenvalue weighted by Crippen LogP contribution is -2.40. The van der Waals surface area contributed by atoms with Crippen molar-refractivity contribution < 1.29 is 0 Å². The first-order valence-corrected chi connectivity index (χ1v) is 14.9. The fourth-order valence-electron chi connectivity index (χ4n) is 7.86. The third-order valence-electron chi connectivity index (χ3n) is 9.48. The van der Waals surface area contributed by atoms with Gasteiger partial charge in [0.05, 0.1) is 11.4 Å². The van der Waals surface area contributed by atoms with Crippen LogP contribution in [-0.2, 0) is 25.8 Å². The second-order valence-electron chi connectivity index (χ2n) is 11.3. The molecule has 0 unspecified atom stereocenters. The van der Waals surface area contributed by atoms with Gasteiger partial charge in [-0.2, -0.15) is 0 Å². The molecule has 180 valence electrons. The monoisotopic (exact) mass is 482 g/mol. The number of anilines is 1. The minimum Gasteiger partial charge on any atom is -0.346 e. The summed E-state index contributed by atoms with van der Waals surface area (Å²) in [5.74, 6) is 1.99. The van der Waals surface area contributed by atoms with Crippen LogP contribution < -0.4 is 4.90 Å². The molecule has 5 heteroatoms. The van der Waals surface area contributed by atoms with Crippen molar-refractivity contribution in [3.63, 3.8) is 0 Å². The van der Waals surface area contributed by atoms with E-state index in [0.717, 1.165) is 19.0 Å². The Balaban J connectivity index is 1.25. The molecule has 4 nitrogen and oxygen atoms in total. The standard InChI is InChI=1S/C30H34N4S/c1-2-7-19(8-3-1)20-13-14-24-23(17-20)21-10-6-11-25-28(21)33(24)15-16-34(25)29-27-22-9-4-5-12-26(22)35-30(27)32-18-31-29/h13-14,17-19,25H,1-12,15-16H2/t25-/m0/s1. The molecule has 3 aromatic heterocycles. The molecule has 1 aromatic carbocycles. The fourth-order valence-corrected chi connectivity index (χ4v) is 9.08. The van der Waals surface area contributed by atoms with Crippen LogP contribution in [0.4, 0.5) is 5.82 Å². The van der Waals surface area contributed by atoms with Gasteiger partial charge in [-0.25, -0.2) is 9.97 Å². The first-order valence-electron chi connectivity index (χ1n) is 14.0. The van der Waals surface area contributed by atoms with E-state index < -0.39 is 0 Å². The van der Waals surface area contributed by atoms with E-state index in [-0.39, 0.29) is 0 Å². The lowest BCUT2D eigenvalue weighted by Gasteiger charge is -2.41. The van der Waals surface area contributed by atoms with Crippen molar-refractivity contribution in [3.8, 4) is 0 Å². The van der Waals surface area contributed by atoms with Crippen molar-refractivity contribution in [2.75, 3.05) is 11.4 Å². The molecule has 0 spiro atoms. The maximum Gasteiger partial charge on any atom is 0.141 e. The molecule has 4 aliphatic rings. The molecule has 8 rings (SSSR count). The summed E-state index contributed by atoms with van der Waals surface area (Å²) in [5, 5.41) is 2.93. The first kappa shape index (κ1) is 20.8. The summed E-state index contributed by atoms with van der Waals surface area (Å²) in [6, 6.07) is 7.95. The summed E-state index contributed by atoms with van der Waals surface area (Å²) in [7, 11) is 0. The van der Waals surface area contributed by atoms with Crippen LogP contribution >= 0.6 is 11.3 Å².